The van der Waals surface area contributed by atoms with Crippen LogP contribution in [0.3, 0.4) is 0 Å². The van der Waals surface area contributed by atoms with E-state index >= 15 is 0 Å². The molecular formula is C16H23FN2. The minimum Gasteiger partial charge on any atom is -0.313 e. The van der Waals surface area contributed by atoms with Crippen molar-refractivity contribution >= 4 is 0 Å². The molecule has 104 valence electrons. The lowest BCUT2D eigenvalue weighted by molar-refractivity contribution is 0.189. The number of fused-ring (bicyclic) bond motifs is 1. The normalized spacial score (nSPS) is 26.1. The molecule has 0 spiro atoms. The molecule has 1 aliphatic heterocycles. The second-order valence-corrected chi connectivity index (χ2v) is 5.74. The number of nitrogens with one attached hydrogen (secondary N) is 1. The monoisotopic (exact) mass is 262 g/mol. The highest BCUT2D eigenvalue weighted by Crippen LogP contribution is 2.37. The minimum atomic E-state index is -0.0185. The van der Waals surface area contributed by atoms with Crippen LogP contribution in [0.25, 0.3) is 0 Å². The van der Waals surface area contributed by atoms with Crippen LogP contribution in [0, 0.1) is 5.82 Å². The Morgan fingerprint density at radius 2 is 2.26 bits per heavy atom. The molecule has 0 amide bonds. The van der Waals surface area contributed by atoms with Crippen LogP contribution in [0.4, 0.5) is 4.39 Å². The first kappa shape index (κ1) is 13.1. The summed E-state index contributed by atoms with van der Waals surface area (Å²) in [6.07, 6.45) is 4.52. The van der Waals surface area contributed by atoms with Gasteiger partial charge in [-0.3, -0.25) is 4.90 Å². The van der Waals surface area contributed by atoms with E-state index in [9.17, 15) is 4.39 Å². The Morgan fingerprint density at radius 3 is 3.00 bits per heavy atom. The Bertz CT molecular complexity index is 440. The molecule has 1 aromatic carbocycles. The summed E-state index contributed by atoms with van der Waals surface area (Å²) in [5.41, 5.74) is 2.17. The average molecular weight is 262 g/mol. The van der Waals surface area contributed by atoms with Crippen LogP contribution in [0.5, 0.6) is 0 Å². The second kappa shape index (κ2) is 5.59. The molecule has 1 saturated heterocycles. The molecule has 2 aliphatic rings. The van der Waals surface area contributed by atoms with Crippen LogP contribution in [0.2, 0.25) is 0 Å². The lowest BCUT2D eigenvalue weighted by Crippen LogP contribution is -2.39. The molecule has 0 bridgehead atoms. The van der Waals surface area contributed by atoms with E-state index in [0.29, 0.717) is 12.1 Å². The van der Waals surface area contributed by atoms with E-state index < -0.39 is 0 Å². The fourth-order valence-electron chi connectivity index (χ4n) is 3.64. The number of rotatable bonds is 4. The number of halogens is 1. The predicted molar refractivity (Wildman–Crippen MR) is 75.7 cm³/mol. The van der Waals surface area contributed by atoms with Gasteiger partial charge in [0.05, 0.1) is 0 Å². The molecule has 1 aromatic rings. The molecule has 3 rings (SSSR count). The van der Waals surface area contributed by atoms with E-state index in [1.54, 1.807) is 6.07 Å². The van der Waals surface area contributed by atoms with Crippen LogP contribution >= 0.6 is 0 Å². The van der Waals surface area contributed by atoms with Crippen molar-refractivity contribution in [1.82, 2.24) is 10.2 Å². The number of hydrogen-bond donors (Lipinski definition) is 1. The molecule has 1 fully saturated rings. The van der Waals surface area contributed by atoms with Gasteiger partial charge in [-0.1, -0.05) is 19.1 Å². The van der Waals surface area contributed by atoms with Gasteiger partial charge < -0.3 is 5.32 Å². The number of likely N-dealkylation sites (N-methyl/N-ethyl adjacent to an activating group) is 1. The Balaban J connectivity index is 1.76. The van der Waals surface area contributed by atoms with Gasteiger partial charge in [-0.2, -0.15) is 0 Å². The standard InChI is InChI=1S/C16H23FN2/c1-2-19(11-12-5-4-10-18-12)16-9-8-13-14(16)6-3-7-15(13)17/h3,6-7,12,16,18H,2,4-5,8-11H2,1H3. The first-order valence-electron chi connectivity index (χ1n) is 7.54. The fraction of sp³-hybridized carbons (Fsp3) is 0.625. The molecular weight excluding hydrogens is 239 g/mol. The average Bonchev–Trinajstić information content (AvgIpc) is 3.05. The van der Waals surface area contributed by atoms with Gasteiger partial charge in [0.1, 0.15) is 5.82 Å². The van der Waals surface area contributed by atoms with E-state index in [1.807, 2.05) is 6.07 Å². The highest BCUT2D eigenvalue weighted by molar-refractivity contribution is 5.35. The summed E-state index contributed by atoms with van der Waals surface area (Å²) in [5.74, 6) is -0.0185. The zero-order chi connectivity index (χ0) is 13.2. The van der Waals surface area contributed by atoms with Gasteiger partial charge in [-0.15, -0.1) is 0 Å². The maximum absolute atomic E-state index is 13.8. The summed E-state index contributed by atoms with van der Waals surface area (Å²) >= 11 is 0. The number of benzene rings is 1. The quantitative estimate of drug-likeness (QED) is 0.897. The lowest BCUT2D eigenvalue weighted by atomic mass is 10.1. The summed E-state index contributed by atoms with van der Waals surface area (Å²) in [4.78, 5) is 2.52. The molecule has 3 heteroatoms. The van der Waals surface area contributed by atoms with Gasteiger partial charge in [0.15, 0.2) is 0 Å². The maximum Gasteiger partial charge on any atom is 0.126 e. The Morgan fingerprint density at radius 1 is 1.37 bits per heavy atom. The Labute approximate surface area is 115 Å². The van der Waals surface area contributed by atoms with E-state index in [2.05, 4.69) is 23.2 Å². The van der Waals surface area contributed by atoms with E-state index in [4.69, 9.17) is 0 Å². The summed E-state index contributed by atoms with van der Waals surface area (Å²) < 4.78 is 13.8. The third-order valence-corrected chi connectivity index (χ3v) is 4.65. The van der Waals surface area contributed by atoms with Crippen molar-refractivity contribution in [1.29, 1.82) is 0 Å². The molecule has 19 heavy (non-hydrogen) atoms. The number of hydrogen-bond acceptors (Lipinski definition) is 2. The topological polar surface area (TPSA) is 15.3 Å². The first-order chi connectivity index (χ1) is 9.29. The maximum atomic E-state index is 13.8. The van der Waals surface area contributed by atoms with Gasteiger partial charge >= 0.3 is 0 Å². The molecule has 2 nitrogen and oxygen atoms in total. The van der Waals surface area contributed by atoms with Gasteiger partial charge in [0.2, 0.25) is 0 Å². The first-order valence-corrected chi connectivity index (χ1v) is 7.54. The van der Waals surface area contributed by atoms with Crippen molar-refractivity contribution in [2.24, 2.45) is 0 Å². The fourth-order valence-corrected chi connectivity index (χ4v) is 3.64. The minimum absolute atomic E-state index is 0.0185. The molecule has 1 N–H and O–H groups in total. The largest absolute Gasteiger partial charge is 0.313 e. The van der Waals surface area contributed by atoms with Crippen molar-refractivity contribution in [3.63, 3.8) is 0 Å². The second-order valence-electron chi connectivity index (χ2n) is 5.74. The Kier molecular flexibility index (Phi) is 3.85. The SMILES string of the molecule is CCN(CC1CCCN1)C1CCc2c(F)cccc21. The molecule has 1 aliphatic carbocycles. The molecule has 2 atom stereocenters. The van der Waals surface area contributed by atoms with E-state index in [0.717, 1.165) is 38.0 Å². The van der Waals surface area contributed by atoms with Crippen molar-refractivity contribution < 1.29 is 4.39 Å². The lowest BCUT2D eigenvalue weighted by Gasteiger charge is -2.30. The molecule has 2 unspecified atom stereocenters. The number of nitrogens with zero attached hydrogens (tertiary/aromatic N) is 1. The predicted octanol–water partition coefficient (Wildman–Crippen LogP) is 2.89. The summed E-state index contributed by atoms with van der Waals surface area (Å²) in [5, 5.41) is 3.56. The van der Waals surface area contributed by atoms with Crippen LogP contribution in [0.1, 0.15) is 43.4 Å². The van der Waals surface area contributed by atoms with Crippen LogP contribution in [-0.2, 0) is 6.42 Å². The van der Waals surface area contributed by atoms with E-state index in [1.165, 1.54) is 18.4 Å². The summed E-state index contributed by atoms with van der Waals surface area (Å²) in [6, 6.07) is 6.60. The molecule has 1 heterocycles. The van der Waals surface area contributed by atoms with E-state index in [-0.39, 0.29) is 5.82 Å². The molecule has 0 radical (unpaired) electrons. The van der Waals surface area contributed by atoms with Crippen LogP contribution < -0.4 is 5.32 Å². The Hall–Kier alpha value is -0.930. The van der Waals surface area contributed by atoms with Gasteiger partial charge in [0, 0.05) is 18.6 Å². The highest BCUT2D eigenvalue weighted by atomic mass is 19.1. The third-order valence-electron chi connectivity index (χ3n) is 4.65. The van der Waals surface area contributed by atoms with Crippen molar-refractivity contribution in [3.8, 4) is 0 Å². The van der Waals surface area contributed by atoms with Gasteiger partial charge in [-0.05, 0) is 56.0 Å². The van der Waals surface area contributed by atoms with Crippen LogP contribution in [-0.4, -0.2) is 30.6 Å². The zero-order valence-electron chi connectivity index (χ0n) is 11.7. The van der Waals surface area contributed by atoms with Crippen molar-refractivity contribution in [3.05, 3.63) is 35.1 Å². The molecule has 0 aromatic heterocycles. The summed E-state index contributed by atoms with van der Waals surface area (Å²) in [6.45, 7) is 5.50. The highest BCUT2D eigenvalue weighted by Gasteiger charge is 2.30. The third kappa shape index (κ3) is 2.54. The van der Waals surface area contributed by atoms with Crippen LogP contribution in [0.15, 0.2) is 18.2 Å². The summed E-state index contributed by atoms with van der Waals surface area (Å²) in [7, 11) is 0. The molecule has 0 saturated carbocycles. The van der Waals surface area contributed by atoms with Crippen molar-refractivity contribution in [2.75, 3.05) is 19.6 Å². The van der Waals surface area contributed by atoms with Gasteiger partial charge in [-0.25, -0.2) is 4.39 Å². The van der Waals surface area contributed by atoms with Gasteiger partial charge in [0.25, 0.3) is 0 Å². The zero-order valence-corrected chi connectivity index (χ0v) is 11.7. The van der Waals surface area contributed by atoms with Crippen molar-refractivity contribution in [2.45, 2.75) is 44.7 Å². The smallest absolute Gasteiger partial charge is 0.126 e.